The Balaban J connectivity index is 1.45. The van der Waals surface area contributed by atoms with E-state index in [1.165, 1.54) is 0 Å². The lowest BCUT2D eigenvalue weighted by Crippen LogP contribution is -2.21. The number of carbonyl (C=O) groups is 2. The molecule has 1 aromatic carbocycles. The van der Waals surface area contributed by atoms with E-state index in [9.17, 15) is 9.59 Å². The minimum absolute atomic E-state index is 0.191. The number of hydrogen-bond donors (Lipinski definition) is 2. The monoisotopic (exact) mass is 390 g/mol. The third-order valence-electron chi connectivity index (χ3n) is 4.99. The molecule has 3 heterocycles. The Labute approximate surface area is 168 Å². The van der Waals surface area contributed by atoms with Crippen molar-refractivity contribution in [3.8, 4) is 5.69 Å². The molecule has 8 nitrogen and oxygen atoms in total. The fraction of sp³-hybridized carbons (Fsp3) is 0.238. The fourth-order valence-corrected chi connectivity index (χ4v) is 3.38. The van der Waals surface area contributed by atoms with Gasteiger partial charge in [-0.25, -0.2) is 9.67 Å². The van der Waals surface area contributed by atoms with Crippen molar-refractivity contribution in [1.82, 2.24) is 14.8 Å². The number of anilines is 2. The molecular weight excluding hydrogens is 368 g/mol. The van der Waals surface area contributed by atoms with E-state index in [-0.39, 0.29) is 11.6 Å². The lowest BCUT2D eigenvalue weighted by atomic mass is 10.2. The van der Waals surface area contributed by atoms with Crippen LogP contribution in [0.2, 0.25) is 0 Å². The molecule has 8 heteroatoms. The molecule has 148 valence electrons. The van der Waals surface area contributed by atoms with Gasteiger partial charge in [0.15, 0.2) is 0 Å². The molecule has 29 heavy (non-hydrogen) atoms. The zero-order valence-electron chi connectivity index (χ0n) is 16.1. The van der Waals surface area contributed by atoms with Gasteiger partial charge in [0.05, 0.1) is 5.69 Å². The number of aromatic nitrogens is 3. The van der Waals surface area contributed by atoms with Crippen molar-refractivity contribution in [2.45, 2.75) is 13.3 Å². The second-order valence-electron chi connectivity index (χ2n) is 7.25. The van der Waals surface area contributed by atoms with Gasteiger partial charge in [0, 0.05) is 36.7 Å². The molecule has 1 saturated heterocycles. The Bertz CT molecular complexity index is 1040. The number of benzene rings is 1. The summed E-state index contributed by atoms with van der Waals surface area (Å²) in [6, 6.07) is 12.3. The van der Waals surface area contributed by atoms with Crippen molar-refractivity contribution in [3.63, 3.8) is 0 Å². The van der Waals surface area contributed by atoms with E-state index in [1.54, 1.807) is 53.5 Å². The standard InChI is InChI=1S/C21H22N6O2/c1-14-7-10-26(13-14)19-12-15(6-9-23-19)21(29)24-16-2-4-17(5-3-16)27-11-8-18(25-27)20(22)28/h2-6,8-9,11-12,14H,7,10,13H2,1H3,(H2,22,28)(H,24,29). The highest BCUT2D eigenvalue weighted by Gasteiger charge is 2.20. The Morgan fingerprint density at radius 3 is 2.62 bits per heavy atom. The maximum atomic E-state index is 12.7. The fourth-order valence-electron chi connectivity index (χ4n) is 3.38. The van der Waals surface area contributed by atoms with Crippen LogP contribution in [0.15, 0.2) is 54.9 Å². The largest absolute Gasteiger partial charge is 0.364 e. The summed E-state index contributed by atoms with van der Waals surface area (Å²) in [6.45, 7) is 4.15. The molecular formula is C21H22N6O2. The average molecular weight is 390 g/mol. The smallest absolute Gasteiger partial charge is 0.269 e. The molecule has 0 spiro atoms. The van der Waals surface area contributed by atoms with Gasteiger partial charge in [-0.3, -0.25) is 9.59 Å². The Kier molecular flexibility index (Phi) is 4.99. The molecule has 1 aliphatic heterocycles. The van der Waals surface area contributed by atoms with Crippen LogP contribution in [0.25, 0.3) is 5.69 Å². The van der Waals surface area contributed by atoms with E-state index in [1.807, 2.05) is 6.07 Å². The zero-order chi connectivity index (χ0) is 20.4. The highest BCUT2D eigenvalue weighted by atomic mass is 16.2. The maximum Gasteiger partial charge on any atom is 0.269 e. The summed E-state index contributed by atoms with van der Waals surface area (Å²) in [5.41, 5.74) is 7.41. The van der Waals surface area contributed by atoms with Crippen molar-refractivity contribution >= 4 is 23.3 Å². The molecule has 1 fully saturated rings. The molecule has 1 unspecified atom stereocenters. The van der Waals surface area contributed by atoms with Crippen molar-refractivity contribution < 1.29 is 9.59 Å². The quantitative estimate of drug-likeness (QED) is 0.696. The number of nitrogens with zero attached hydrogens (tertiary/aromatic N) is 4. The van der Waals surface area contributed by atoms with Gasteiger partial charge in [-0.15, -0.1) is 0 Å². The second kappa shape index (κ2) is 7.75. The number of primary amides is 1. The Morgan fingerprint density at radius 1 is 1.17 bits per heavy atom. The van der Waals surface area contributed by atoms with Crippen LogP contribution in [0.1, 0.15) is 34.2 Å². The first-order valence-electron chi connectivity index (χ1n) is 9.48. The molecule has 0 bridgehead atoms. The highest BCUT2D eigenvalue weighted by molar-refractivity contribution is 6.04. The van der Waals surface area contributed by atoms with Gasteiger partial charge in [0.1, 0.15) is 11.5 Å². The van der Waals surface area contributed by atoms with E-state index in [4.69, 9.17) is 5.73 Å². The van der Waals surface area contributed by atoms with Gasteiger partial charge in [-0.2, -0.15) is 5.10 Å². The van der Waals surface area contributed by atoms with Crippen LogP contribution in [0.5, 0.6) is 0 Å². The summed E-state index contributed by atoms with van der Waals surface area (Å²) < 4.78 is 1.55. The molecule has 0 saturated carbocycles. The van der Waals surface area contributed by atoms with Crippen molar-refractivity contribution in [2.24, 2.45) is 11.7 Å². The minimum Gasteiger partial charge on any atom is -0.364 e. The van der Waals surface area contributed by atoms with Crippen molar-refractivity contribution in [3.05, 3.63) is 66.1 Å². The number of nitrogens with one attached hydrogen (secondary N) is 1. The number of pyridine rings is 1. The van der Waals surface area contributed by atoms with Gasteiger partial charge in [-0.1, -0.05) is 6.92 Å². The first-order chi connectivity index (χ1) is 14.0. The predicted molar refractivity (Wildman–Crippen MR) is 110 cm³/mol. The van der Waals surface area contributed by atoms with Gasteiger partial charge in [0.25, 0.3) is 11.8 Å². The van der Waals surface area contributed by atoms with Crippen LogP contribution in [-0.4, -0.2) is 39.7 Å². The Hall–Kier alpha value is -3.68. The number of carbonyl (C=O) groups excluding carboxylic acids is 2. The molecule has 2 amide bonds. The van der Waals surface area contributed by atoms with E-state index < -0.39 is 5.91 Å². The second-order valence-corrected chi connectivity index (χ2v) is 7.25. The van der Waals surface area contributed by atoms with Gasteiger partial charge in [0.2, 0.25) is 0 Å². The first kappa shape index (κ1) is 18.7. The lowest BCUT2D eigenvalue weighted by Gasteiger charge is -2.17. The van der Waals surface area contributed by atoms with Crippen LogP contribution in [0, 0.1) is 5.92 Å². The average Bonchev–Trinajstić information content (AvgIpc) is 3.38. The SMILES string of the molecule is CC1CCN(c2cc(C(=O)Nc3ccc(-n4ccc(C(N)=O)n4)cc3)ccn2)C1. The molecule has 0 radical (unpaired) electrons. The van der Waals surface area contributed by atoms with E-state index in [0.29, 0.717) is 17.2 Å². The van der Waals surface area contributed by atoms with Crippen LogP contribution >= 0.6 is 0 Å². The summed E-state index contributed by atoms with van der Waals surface area (Å²) in [7, 11) is 0. The first-order valence-corrected chi connectivity index (χ1v) is 9.48. The molecule has 1 aliphatic rings. The molecule has 2 aromatic heterocycles. The van der Waals surface area contributed by atoms with Gasteiger partial charge >= 0.3 is 0 Å². The number of rotatable bonds is 5. The molecule has 3 aromatic rings. The molecule has 0 aliphatic carbocycles. The summed E-state index contributed by atoms with van der Waals surface area (Å²) in [6.07, 6.45) is 4.47. The molecule has 1 atom stereocenters. The van der Waals surface area contributed by atoms with Gasteiger partial charge < -0.3 is 16.0 Å². The summed E-state index contributed by atoms with van der Waals surface area (Å²) in [5.74, 6) is 0.708. The summed E-state index contributed by atoms with van der Waals surface area (Å²) in [5, 5.41) is 7.01. The number of nitrogens with two attached hydrogens (primary N) is 1. The van der Waals surface area contributed by atoms with E-state index in [0.717, 1.165) is 31.0 Å². The van der Waals surface area contributed by atoms with Crippen molar-refractivity contribution in [2.75, 3.05) is 23.3 Å². The van der Waals surface area contributed by atoms with E-state index >= 15 is 0 Å². The summed E-state index contributed by atoms with van der Waals surface area (Å²) >= 11 is 0. The third kappa shape index (κ3) is 4.11. The van der Waals surface area contributed by atoms with E-state index in [2.05, 4.69) is 27.2 Å². The maximum absolute atomic E-state index is 12.7. The predicted octanol–water partition coefficient (Wildman–Crippen LogP) is 2.46. The number of amides is 2. The molecule has 4 rings (SSSR count). The highest BCUT2D eigenvalue weighted by Crippen LogP contribution is 2.22. The van der Waals surface area contributed by atoms with Gasteiger partial charge in [-0.05, 0) is 54.8 Å². The van der Waals surface area contributed by atoms with Crippen LogP contribution in [0.3, 0.4) is 0 Å². The number of hydrogen-bond acceptors (Lipinski definition) is 5. The molecule has 3 N–H and O–H groups in total. The Morgan fingerprint density at radius 2 is 1.97 bits per heavy atom. The topological polar surface area (TPSA) is 106 Å². The minimum atomic E-state index is -0.576. The third-order valence-corrected chi connectivity index (χ3v) is 4.99. The van der Waals surface area contributed by atoms with Crippen LogP contribution < -0.4 is 16.0 Å². The summed E-state index contributed by atoms with van der Waals surface area (Å²) in [4.78, 5) is 30.4. The normalized spacial score (nSPS) is 16.0. The van der Waals surface area contributed by atoms with Crippen LogP contribution in [0.4, 0.5) is 11.5 Å². The zero-order valence-corrected chi connectivity index (χ0v) is 16.1. The lowest BCUT2D eigenvalue weighted by molar-refractivity contribution is 0.0993. The van der Waals surface area contributed by atoms with Crippen LogP contribution in [-0.2, 0) is 0 Å². The van der Waals surface area contributed by atoms with Crippen molar-refractivity contribution in [1.29, 1.82) is 0 Å².